The minimum atomic E-state index is 0.225. The molecule has 0 saturated carbocycles. The molecule has 1 fully saturated rings. The summed E-state index contributed by atoms with van der Waals surface area (Å²) in [6.07, 6.45) is 1.01. The number of aromatic nitrogens is 2. The average Bonchev–Trinajstić information content (AvgIpc) is 3.29. The van der Waals surface area contributed by atoms with E-state index in [9.17, 15) is 0 Å². The maximum Gasteiger partial charge on any atom is 0.226 e. The Kier molecular flexibility index (Phi) is 7.07. The van der Waals surface area contributed by atoms with Crippen LogP contribution < -0.4 is 25.4 Å². The molecular weight excluding hydrogens is 466 g/mol. The van der Waals surface area contributed by atoms with Gasteiger partial charge in [0.2, 0.25) is 5.95 Å². The Morgan fingerprint density at radius 1 is 0.946 bits per heavy atom. The van der Waals surface area contributed by atoms with Crippen LogP contribution in [0.5, 0.6) is 5.75 Å². The summed E-state index contributed by atoms with van der Waals surface area (Å²) in [7, 11) is 1.70. The van der Waals surface area contributed by atoms with Gasteiger partial charge in [0.25, 0.3) is 0 Å². The lowest BCUT2D eigenvalue weighted by atomic mass is 10.0. The van der Waals surface area contributed by atoms with Crippen LogP contribution in [0.2, 0.25) is 0 Å². The van der Waals surface area contributed by atoms with Crippen molar-refractivity contribution in [2.75, 3.05) is 68.3 Å². The Morgan fingerprint density at radius 3 is 2.49 bits per heavy atom. The van der Waals surface area contributed by atoms with Crippen LogP contribution in [-0.4, -0.2) is 67.9 Å². The van der Waals surface area contributed by atoms with Gasteiger partial charge in [0.1, 0.15) is 11.6 Å². The number of hydrogen-bond acceptors (Lipinski definition) is 9. The zero-order valence-corrected chi connectivity index (χ0v) is 21.4. The third-order valence-corrected chi connectivity index (χ3v) is 7.34. The number of nitrogens with zero attached hydrogens (tertiary/aromatic N) is 5. The van der Waals surface area contributed by atoms with Gasteiger partial charge >= 0.3 is 0 Å². The van der Waals surface area contributed by atoms with E-state index in [2.05, 4.69) is 68.0 Å². The topological polar surface area (TPSA) is 78.0 Å². The lowest BCUT2D eigenvalue weighted by Gasteiger charge is -2.32. The molecule has 3 aliphatic rings. The van der Waals surface area contributed by atoms with E-state index in [-0.39, 0.29) is 6.04 Å². The highest BCUT2D eigenvalue weighted by Crippen LogP contribution is 2.44. The molecule has 1 unspecified atom stereocenters. The molecule has 0 aliphatic carbocycles. The summed E-state index contributed by atoms with van der Waals surface area (Å²) in [4.78, 5) is 14.9. The van der Waals surface area contributed by atoms with Crippen molar-refractivity contribution in [3.05, 3.63) is 71.3 Å². The second-order valence-corrected chi connectivity index (χ2v) is 9.80. The van der Waals surface area contributed by atoms with Gasteiger partial charge in [0.15, 0.2) is 5.82 Å². The number of morpholine rings is 1. The monoisotopic (exact) mass is 501 g/mol. The quantitative estimate of drug-likeness (QED) is 0.460. The lowest BCUT2D eigenvalue weighted by molar-refractivity contribution is 0.0398. The van der Waals surface area contributed by atoms with Crippen molar-refractivity contribution in [1.82, 2.24) is 20.3 Å². The third-order valence-electron chi connectivity index (χ3n) is 7.34. The van der Waals surface area contributed by atoms with Crippen LogP contribution in [0.25, 0.3) is 0 Å². The molecule has 6 rings (SSSR count). The second kappa shape index (κ2) is 10.9. The predicted octanol–water partition coefficient (Wildman–Crippen LogP) is 3.21. The molecule has 2 aromatic carbocycles. The number of nitrogens with one attached hydrogen (secondary N) is 2. The van der Waals surface area contributed by atoms with Crippen molar-refractivity contribution in [3.8, 4) is 5.75 Å². The molecule has 0 bridgehead atoms. The molecule has 1 saturated heterocycles. The summed E-state index contributed by atoms with van der Waals surface area (Å²) in [6, 6.07) is 19.1. The molecule has 9 heteroatoms. The minimum absolute atomic E-state index is 0.225. The average molecular weight is 502 g/mol. The fourth-order valence-corrected chi connectivity index (χ4v) is 5.34. The largest absolute Gasteiger partial charge is 0.497 e. The van der Waals surface area contributed by atoms with E-state index in [4.69, 9.17) is 19.4 Å². The predicted molar refractivity (Wildman–Crippen MR) is 145 cm³/mol. The van der Waals surface area contributed by atoms with Crippen LogP contribution in [0.4, 0.5) is 17.6 Å². The second-order valence-electron chi connectivity index (χ2n) is 9.80. The lowest BCUT2D eigenvalue weighted by Crippen LogP contribution is -2.39. The number of hydrogen-bond donors (Lipinski definition) is 2. The van der Waals surface area contributed by atoms with Crippen LogP contribution >= 0.6 is 0 Å². The number of rotatable bonds is 9. The Morgan fingerprint density at radius 2 is 1.70 bits per heavy atom. The molecule has 37 heavy (non-hydrogen) atoms. The first-order valence-electron chi connectivity index (χ1n) is 13.2. The van der Waals surface area contributed by atoms with Crippen LogP contribution in [-0.2, 0) is 17.8 Å². The Hall–Kier alpha value is -3.40. The van der Waals surface area contributed by atoms with Gasteiger partial charge in [-0.3, -0.25) is 9.91 Å². The number of methoxy groups -OCH3 is 1. The van der Waals surface area contributed by atoms with E-state index in [0.717, 1.165) is 82.8 Å². The van der Waals surface area contributed by atoms with Crippen molar-refractivity contribution in [2.24, 2.45) is 0 Å². The van der Waals surface area contributed by atoms with E-state index >= 15 is 0 Å². The van der Waals surface area contributed by atoms with Gasteiger partial charge in [-0.1, -0.05) is 42.5 Å². The molecular formula is C28H35N7O2. The van der Waals surface area contributed by atoms with Gasteiger partial charge in [-0.25, -0.2) is 5.43 Å². The molecule has 1 atom stereocenters. The summed E-state index contributed by atoms with van der Waals surface area (Å²) in [5.41, 5.74) is 7.41. The number of hydrazine groups is 1. The Bertz CT molecular complexity index is 1190. The minimum Gasteiger partial charge on any atom is -0.497 e. The zero-order chi connectivity index (χ0) is 25.0. The summed E-state index contributed by atoms with van der Waals surface area (Å²) >= 11 is 0. The normalized spacial score (nSPS) is 19.1. The first kappa shape index (κ1) is 24.0. The van der Waals surface area contributed by atoms with Crippen LogP contribution in [0.15, 0.2) is 54.6 Å². The van der Waals surface area contributed by atoms with Gasteiger partial charge in [-0.05, 0) is 29.7 Å². The number of anilines is 3. The van der Waals surface area contributed by atoms with Gasteiger partial charge in [0.05, 0.1) is 38.5 Å². The molecule has 2 N–H and O–H groups in total. The first-order chi connectivity index (χ1) is 18.3. The zero-order valence-electron chi connectivity index (χ0n) is 21.4. The van der Waals surface area contributed by atoms with Crippen molar-refractivity contribution >= 4 is 17.6 Å². The maximum atomic E-state index is 5.48. The first-order valence-corrected chi connectivity index (χ1v) is 13.2. The van der Waals surface area contributed by atoms with Crippen molar-refractivity contribution in [3.63, 3.8) is 0 Å². The molecule has 0 spiro atoms. The van der Waals surface area contributed by atoms with Gasteiger partial charge in [-0.15, -0.1) is 0 Å². The molecule has 9 nitrogen and oxygen atoms in total. The Labute approximate surface area is 218 Å². The standard InChI is InChI=1S/C28H35N7O2/c1-36-23-9-7-22(8-10-23)19-34-13-11-24-25-26(34)30-28(29-12-14-33-15-17-37-18-16-33)31-27(25)35(32-24)20-21-5-3-2-4-6-21/h2-10,24,32H,11-20H2,1H3,(H,29,30,31). The van der Waals surface area contributed by atoms with Crippen LogP contribution in [0, 0.1) is 0 Å². The number of benzene rings is 2. The summed E-state index contributed by atoms with van der Waals surface area (Å²) in [5.74, 6) is 3.56. The molecule has 1 aromatic heterocycles. The molecule has 4 heterocycles. The molecule has 3 aliphatic heterocycles. The highest BCUT2D eigenvalue weighted by molar-refractivity contribution is 5.68. The highest BCUT2D eigenvalue weighted by Gasteiger charge is 2.38. The Balaban J connectivity index is 1.27. The summed E-state index contributed by atoms with van der Waals surface area (Å²) < 4.78 is 10.8. The summed E-state index contributed by atoms with van der Waals surface area (Å²) in [5, 5.41) is 5.72. The van der Waals surface area contributed by atoms with Crippen LogP contribution in [0.3, 0.4) is 0 Å². The smallest absolute Gasteiger partial charge is 0.226 e. The van der Waals surface area contributed by atoms with Gasteiger partial charge < -0.3 is 19.7 Å². The molecule has 194 valence electrons. The van der Waals surface area contributed by atoms with E-state index in [0.29, 0.717) is 5.95 Å². The van der Waals surface area contributed by atoms with E-state index < -0.39 is 0 Å². The van der Waals surface area contributed by atoms with E-state index in [1.165, 1.54) is 16.7 Å². The fraction of sp³-hybridized carbons (Fsp3) is 0.429. The van der Waals surface area contributed by atoms with Crippen molar-refractivity contribution < 1.29 is 9.47 Å². The molecule has 0 radical (unpaired) electrons. The van der Waals surface area contributed by atoms with Crippen molar-refractivity contribution in [2.45, 2.75) is 25.6 Å². The summed E-state index contributed by atoms with van der Waals surface area (Å²) in [6.45, 7) is 7.80. The molecule has 0 amide bonds. The van der Waals surface area contributed by atoms with E-state index in [1.54, 1.807) is 7.11 Å². The van der Waals surface area contributed by atoms with Crippen molar-refractivity contribution in [1.29, 1.82) is 0 Å². The highest BCUT2D eigenvalue weighted by atomic mass is 16.5. The number of ether oxygens (including phenoxy) is 2. The van der Waals surface area contributed by atoms with E-state index in [1.807, 2.05) is 12.1 Å². The maximum absolute atomic E-state index is 5.48. The van der Waals surface area contributed by atoms with Gasteiger partial charge in [-0.2, -0.15) is 9.97 Å². The van der Waals surface area contributed by atoms with Gasteiger partial charge in [0, 0.05) is 39.3 Å². The third kappa shape index (κ3) is 5.34. The molecule has 3 aromatic rings. The SMILES string of the molecule is COc1ccc(CN2CCC3NN(Cc4ccccc4)c4nc(NCCN5CCOCC5)nc2c43)cc1. The fourth-order valence-electron chi connectivity index (χ4n) is 5.34. The van der Waals surface area contributed by atoms with Crippen LogP contribution in [0.1, 0.15) is 29.2 Å².